The van der Waals surface area contributed by atoms with Crippen molar-refractivity contribution in [2.45, 2.75) is 0 Å². The molecule has 0 bridgehead atoms. The van der Waals surface area contributed by atoms with Crippen LogP contribution in [0.2, 0.25) is 0 Å². The fourth-order valence-electron chi connectivity index (χ4n) is 2.12. The lowest BCUT2D eigenvalue weighted by Gasteiger charge is -2.08. The third-order valence-corrected chi connectivity index (χ3v) is 3.16. The molecule has 3 rings (SSSR count). The second kappa shape index (κ2) is 4.59. The van der Waals surface area contributed by atoms with Crippen LogP contribution < -0.4 is 5.43 Å². The highest BCUT2D eigenvalue weighted by Gasteiger charge is 2.19. The van der Waals surface area contributed by atoms with Crippen LogP contribution in [0, 0.1) is 0 Å². The van der Waals surface area contributed by atoms with Gasteiger partial charge < -0.3 is 30.0 Å². The zero-order chi connectivity index (χ0) is 16.7. The molecule has 7 heteroatoms. The highest BCUT2D eigenvalue weighted by Crippen LogP contribution is 2.37. The zero-order valence-electron chi connectivity index (χ0n) is 11.9. The molecule has 0 aliphatic heterocycles. The second-order valence-electron chi connectivity index (χ2n) is 4.63. The van der Waals surface area contributed by atoms with Gasteiger partial charge in [-0.05, 0) is 18.2 Å². The van der Waals surface area contributed by atoms with E-state index in [9.17, 15) is 25.2 Å². The molecule has 0 spiro atoms. The summed E-state index contributed by atoms with van der Waals surface area (Å²) in [5, 5.41) is 42.3. The standard InChI is InChI=1S/C15H10O7/c16-7-4-10(19)12-11(5-7)22-15(14(21)13(12)20)6-1-2-8(17)9(18)3-6/h1-5,16-19,21H/i/hD. The Morgan fingerprint density at radius 2 is 1.73 bits per heavy atom. The molecule has 112 valence electrons. The maximum absolute atomic E-state index is 12.4. The van der Waals surface area contributed by atoms with Crippen LogP contribution in [-0.2, 0) is 0 Å². The van der Waals surface area contributed by atoms with Gasteiger partial charge in [-0.25, -0.2) is 0 Å². The lowest BCUT2D eigenvalue weighted by Crippen LogP contribution is -2.02. The van der Waals surface area contributed by atoms with E-state index < -0.39 is 22.7 Å². The van der Waals surface area contributed by atoms with Crippen molar-refractivity contribution in [2.75, 3.05) is 0 Å². The van der Waals surface area contributed by atoms with Crippen molar-refractivity contribution in [3.05, 3.63) is 40.6 Å². The van der Waals surface area contributed by atoms with Crippen LogP contribution in [0.5, 0.6) is 28.7 Å². The first kappa shape index (κ1) is 12.4. The first-order valence-corrected chi connectivity index (χ1v) is 6.10. The molecule has 0 unspecified atom stereocenters. The Morgan fingerprint density at radius 3 is 2.41 bits per heavy atom. The van der Waals surface area contributed by atoms with Gasteiger partial charge in [0, 0.05) is 17.7 Å². The lowest BCUT2D eigenvalue weighted by molar-refractivity contribution is 0.403. The Labute approximate surface area is 124 Å². The van der Waals surface area contributed by atoms with Gasteiger partial charge in [0.1, 0.15) is 22.5 Å². The summed E-state index contributed by atoms with van der Waals surface area (Å²) in [6.07, 6.45) is 0. The number of hydrogen-bond donors (Lipinski definition) is 5. The summed E-state index contributed by atoms with van der Waals surface area (Å²) in [7, 11) is 0. The minimum Gasteiger partial charge on any atom is -0.508 e. The van der Waals surface area contributed by atoms with Crippen LogP contribution >= 0.6 is 0 Å². The van der Waals surface area contributed by atoms with Gasteiger partial charge in [0.05, 0.1) is 0 Å². The van der Waals surface area contributed by atoms with Crippen LogP contribution in [0.15, 0.2) is 39.5 Å². The average Bonchev–Trinajstić information content (AvgIpc) is 2.49. The number of phenolic OH excluding ortho intramolecular Hbond substituents is 4. The van der Waals surface area contributed by atoms with Gasteiger partial charge in [-0.3, -0.25) is 4.79 Å². The third-order valence-electron chi connectivity index (χ3n) is 3.16. The molecular formula is C15H10O7. The van der Waals surface area contributed by atoms with E-state index in [1.807, 2.05) is 0 Å². The molecular weight excluding hydrogens is 292 g/mol. The summed E-state index contributed by atoms with van der Waals surface area (Å²) < 4.78 is 12.5. The van der Waals surface area contributed by atoms with Crippen molar-refractivity contribution in [1.29, 1.82) is 1.43 Å². The van der Waals surface area contributed by atoms with Gasteiger partial charge in [0.2, 0.25) is 11.2 Å². The molecule has 0 aliphatic carbocycles. The number of hydrogen-bond acceptors (Lipinski definition) is 7. The van der Waals surface area contributed by atoms with Gasteiger partial charge in [-0.2, -0.15) is 0 Å². The van der Waals surface area contributed by atoms with Crippen LogP contribution in [-0.4, -0.2) is 27.0 Å². The smallest absolute Gasteiger partial charge is 0.293 e. The third kappa shape index (κ3) is 1.96. The van der Waals surface area contributed by atoms with E-state index in [0.29, 0.717) is 0 Å². The normalized spacial score (nSPS) is 11.4. The van der Waals surface area contributed by atoms with E-state index in [4.69, 9.17) is 5.85 Å². The van der Waals surface area contributed by atoms with Crippen molar-refractivity contribution in [3.8, 4) is 40.1 Å². The summed E-state index contributed by atoms with van der Waals surface area (Å²) in [5.74, 6) is -2.38. The largest absolute Gasteiger partial charge is 0.508 e. The maximum Gasteiger partial charge on any atom is 0.293 e. The van der Waals surface area contributed by atoms with Gasteiger partial charge in [-0.1, -0.05) is 0 Å². The van der Waals surface area contributed by atoms with Gasteiger partial charge in [0.25, 0.3) is 1.43 Å². The van der Waals surface area contributed by atoms with Crippen molar-refractivity contribution < 1.29 is 30.0 Å². The highest BCUT2D eigenvalue weighted by molar-refractivity contribution is 5.88. The zero-order valence-corrected chi connectivity index (χ0v) is 10.9. The molecule has 5 N–H and O–H groups in total. The molecule has 0 saturated carbocycles. The Bertz CT molecular complexity index is 978. The SMILES string of the molecule is [2H]Oc1c(-c2ccc(O)c(O)c2)oc2cc(O)cc(O)c2c1=O. The lowest BCUT2D eigenvalue weighted by atomic mass is 10.1. The molecule has 22 heavy (non-hydrogen) atoms. The predicted molar refractivity (Wildman–Crippen MR) is 76.2 cm³/mol. The molecule has 7 nitrogen and oxygen atoms in total. The van der Waals surface area contributed by atoms with Crippen molar-refractivity contribution in [3.63, 3.8) is 0 Å². The monoisotopic (exact) mass is 303 g/mol. The first-order valence-electron chi connectivity index (χ1n) is 6.51. The average molecular weight is 303 g/mol. The molecule has 0 amide bonds. The minimum atomic E-state index is -0.818. The number of rotatable bonds is 2. The Kier molecular flexibility index (Phi) is 2.59. The Morgan fingerprint density at radius 1 is 0.955 bits per heavy atom. The van der Waals surface area contributed by atoms with E-state index in [-0.39, 0.29) is 33.8 Å². The van der Waals surface area contributed by atoms with E-state index in [2.05, 4.69) is 5.11 Å². The summed E-state index contributed by atoms with van der Waals surface area (Å²) in [4.78, 5) is 12.4. The fourth-order valence-corrected chi connectivity index (χ4v) is 2.12. The number of fused-ring (bicyclic) bond motifs is 1. The Hall–Kier alpha value is -3.35. The highest BCUT2D eigenvalue weighted by atomic mass is 16.4. The van der Waals surface area contributed by atoms with Gasteiger partial charge in [0.15, 0.2) is 17.3 Å². The first-order chi connectivity index (χ1) is 10.9. The van der Waals surface area contributed by atoms with Crippen molar-refractivity contribution in [2.24, 2.45) is 0 Å². The summed E-state index contributed by atoms with van der Waals surface area (Å²) in [6, 6.07) is 5.70. The molecule has 0 radical (unpaired) electrons. The molecule has 2 aromatic carbocycles. The van der Waals surface area contributed by atoms with Crippen molar-refractivity contribution >= 4 is 11.0 Å². The minimum absolute atomic E-state index is 0.129. The van der Waals surface area contributed by atoms with E-state index in [0.717, 1.165) is 18.2 Å². The molecule has 0 aliphatic rings. The quantitative estimate of drug-likeness (QED) is 0.457. The van der Waals surface area contributed by atoms with Gasteiger partial charge >= 0.3 is 0 Å². The number of phenols is 4. The molecule has 0 atom stereocenters. The number of aromatic hydroxyl groups is 5. The summed E-state index contributed by atoms with van der Waals surface area (Å²) in [6.45, 7) is 0. The molecule has 0 saturated heterocycles. The number of benzene rings is 2. The topological polar surface area (TPSA) is 131 Å². The van der Waals surface area contributed by atoms with Crippen LogP contribution in [0.1, 0.15) is 0 Å². The Balaban J connectivity index is 2.40. The molecule has 1 aromatic heterocycles. The van der Waals surface area contributed by atoms with Crippen LogP contribution in [0.3, 0.4) is 0 Å². The summed E-state index contributed by atoms with van der Waals surface area (Å²) >= 11 is 0. The maximum atomic E-state index is 12.4. The van der Waals surface area contributed by atoms with Crippen molar-refractivity contribution in [1.82, 2.24) is 0 Å². The van der Waals surface area contributed by atoms with Gasteiger partial charge in [-0.15, -0.1) is 0 Å². The van der Waals surface area contributed by atoms with Crippen LogP contribution in [0.4, 0.5) is 0 Å². The van der Waals surface area contributed by atoms with Crippen LogP contribution in [0.25, 0.3) is 22.3 Å². The second-order valence-corrected chi connectivity index (χ2v) is 4.63. The molecule has 0 fully saturated rings. The predicted octanol–water partition coefficient (Wildman–Crippen LogP) is 1.99. The molecule has 1 heterocycles. The summed E-state index contributed by atoms with van der Waals surface area (Å²) in [5.41, 5.74) is -0.790. The fraction of sp³-hybridized carbons (Fsp3) is 0. The van der Waals surface area contributed by atoms with E-state index in [1.54, 1.807) is 0 Å². The molecule has 3 aromatic rings. The van der Waals surface area contributed by atoms with E-state index >= 15 is 0 Å². The van der Waals surface area contributed by atoms with E-state index in [1.165, 1.54) is 12.1 Å².